The van der Waals surface area contributed by atoms with Gasteiger partial charge in [0.1, 0.15) is 0 Å². The molecule has 2 aromatic rings. The SMILES string of the molecule is CCCN(Cc1nc(-c2ccc(Cl)cc2)no1)C1CCNC1. The molecular weight excluding hydrogens is 300 g/mol. The molecule has 1 aromatic carbocycles. The highest BCUT2D eigenvalue weighted by molar-refractivity contribution is 6.30. The Morgan fingerprint density at radius 1 is 1.36 bits per heavy atom. The normalized spacial score (nSPS) is 18.2. The number of aromatic nitrogens is 2. The van der Waals surface area contributed by atoms with E-state index in [1.54, 1.807) is 0 Å². The minimum absolute atomic E-state index is 0.561. The topological polar surface area (TPSA) is 54.2 Å². The third-order valence-corrected chi connectivity index (χ3v) is 4.22. The zero-order valence-corrected chi connectivity index (χ0v) is 13.5. The van der Waals surface area contributed by atoms with E-state index in [-0.39, 0.29) is 0 Å². The van der Waals surface area contributed by atoms with E-state index in [0.717, 1.165) is 31.6 Å². The Bertz CT molecular complexity index is 592. The molecule has 1 aliphatic rings. The second kappa shape index (κ2) is 7.22. The van der Waals surface area contributed by atoms with Crippen LogP contribution in [-0.2, 0) is 6.54 Å². The zero-order valence-electron chi connectivity index (χ0n) is 12.8. The lowest BCUT2D eigenvalue weighted by atomic mass is 10.2. The van der Waals surface area contributed by atoms with E-state index >= 15 is 0 Å². The molecule has 3 rings (SSSR count). The molecule has 1 aromatic heterocycles. The van der Waals surface area contributed by atoms with Crippen LogP contribution in [-0.4, -0.2) is 40.7 Å². The summed E-state index contributed by atoms with van der Waals surface area (Å²) in [5.41, 5.74) is 0.920. The van der Waals surface area contributed by atoms with E-state index in [2.05, 4.69) is 27.3 Å². The van der Waals surface area contributed by atoms with E-state index < -0.39 is 0 Å². The van der Waals surface area contributed by atoms with Crippen LogP contribution in [0.3, 0.4) is 0 Å². The highest BCUT2D eigenvalue weighted by atomic mass is 35.5. The van der Waals surface area contributed by atoms with Crippen molar-refractivity contribution in [3.05, 3.63) is 35.2 Å². The quantitative estimate of drug-likeness (QED) is 0.887. The van der Waals surface area contributed by atoms with Crippen molar-refractivity contribution in [2.24, 2.45) is 0 Å². The third-order valence-electron chi connectivity index (χ3n) is 3.97. The minimum atomic E-state index is 0.561. The molecule has 1 saturated heterocycles. The van der Waals surface area contributed by atoms with Crippen LogP contribution in [0.2, 0.25) is 5.02 Å². The molecule has 0 radical (unpaired) electrons. The molecule has 1 N–H and O–H groups in total. The first-order valence-electron chi connectivity index (χ1n) is 7.79. The average Bonchev–Trinajstić information content (AvgIpc) is 3.19. The predicted molar refractivity (Wildman–Crippen MR) is 86.7 cm³/mol. The lowest BCUT2D eigenvalue weighted by Crippen LogP contribution is -2.37. The van der Waals surface area contributed by atoms with Gasteiger partial charge >= 0.3 is 0 Å². The Morgan fingerprint density at radius 2 is 2.18 bits per heavy atom. The van der Waals surface area contributed by atoms with Crippen molar-refractivity contribution in [1.82, 2.24) is 20.4 Å². The fourth-order valence-corrected chi connectivity index (χ4v) is 2.96. The maximum atomic E-state index is 5.90. The average molecular weight is 321 g/mol. The number of rotatable bonds is 6. The molecule has 22 heavy (non-hydrogen) atoms. The minimum Gasteiger partial charge on any atom is -0.338 e. The van der Waals surface area contributed by atoms with Crippen LogP contribution in [0.4, 0.5) is 0 Å². The summed E-state index contributed by atoms with van der Waals surface area (Å²) in [5.74, 6) is 1.29. The molecule has 2 heterocycles. The lowest BCUT2D eigenvalue weighted by Gasteiger charge is -2.26. The van der Waals surface area contributed by atoms with E-state index in [0.29, 0.717) is 29.3 Å². The summed E-state index contributed by atoms with van der Waals surface area (Å²) < 4.78 is 5.43. The summed E-state index contributed by atoms with van der Waals surface area (Å²) in [6.45, 7) is 6.08. The monoisotopic (exact) mass is 320 g/mol. The number of benzene rings is 1. The molecule has 0 aliphatic carbocycles. The van der Waals surface area contributed by atoms with Gasteiger partial charge in [0, 0.05) is 23.2 Å². The van der Waals surface area contributed by atoms with Crippen LogP contribution in [0, 0.1) is 0 Å². The second-order valence-electron chi connectivity index (χ2n) is 5.64. The smallest absolute Gasteiger partial charge is 0.241 e. The maximum absolute atomic E-state index is 5.90. The Labute approximate surface area is 135 Å². The van der Waals surface area contributed by atoms with Crippen LogP contribution in [0.5, 0.6) is 0 Å². The molecule has 1 atom stereocenters. The molecule has 0 saturated carbocycles. The maximum Gasteiger partial charge on any atom is 0.241 e. The van der Waals surface area contributed by atoms with Crippen LogP contribution in [0.15, 0.2) is 28.8 Å². The standard InChI is InChI=1S/C16H21ClN4O/c1-2-9-21(14-7-8-18-10-14)11-15-19-16(20-22-15)12-3-5-13(17)6-4-12/h3-6,14,18H,2,7-11H2,1H3. The molecule has 0 bridgehead atoms. The van der Waals surface area contributed by atoms with Crippen molar-refractivity contribution in [3.8, 4) is 11.4 Å². The largest absolute Gasteiger partial charge is 0.338 e. The number of nitrogens with zero attached hydrogens (tertiary/aromatic N) is 3. The number of hydrogen-bond donors (Lipinski definition) is 1. The number of halogens is 1. The Kier molecular flexibility index (Phi) is 5.08. The predicted octanol–water partition coefficient (Wildman–Crippen LogP) is 2.96. The molecule has 1 aliphatic heterocycles. The van der Waals surface area contributed by atoms with Gasteiger partial charge in [0.2, 0.25) is 11.7 Å². The first-order valence-corrected chi connectivity index (χ1v) is 8.17. The number of nitrogens with one attached hydrogen (secondary N) is 1. The molecule has 5 nitrogen and oxygen atoms in total. The van der Waals surface area contributed by atoms with Crippen LogP contribution >= 0.6 is 11.6 Å². The third kappa shape index (κ3) is 3.66. The van der Waals surface area contributed by atoms with Gasteiger partial charge in [-0.25, -0.2) is 0 Å². The van der Waals surface area contributed by atoms with E-state index in [1.807, 2.05) is 24.3 Å². The van der Waals surface area contributed by atoms with E-state index in [9.17, 15) is 0 Å². The highest BCUT2D eigenvalue weighted by Crippen LogP contribution is 2.20. The molecule has 118 valence electrons. The molecule has 1 fully saturated rings. The Morgan fingerprint density at radius 3 is 2.86 bits per heavy atom. The fourth-order valence-electron chi connectivity index (χ4n) is 2.84. The van der Waals surface area contributed by atoms with Gasteiger partial charge in [-0.05, 0) is 50.2 Å². The molecule has 0 spiro atoms. The zero-order chi connectivity index (χ0) is 15.4. The second-order valence-corrected chi connectivity index (χ2v) is 6.07. The van der Waals surface area contributed by atoms with Crippen LogP contribution < -0.4 is 5.32 Å². The summed E-state index contributed by atoms with van der Waals surface area (Å²) in [7, 11) is 0. The fraction of sp³-hybridized carbons (Fsp3) is 0.500. The van der Waals surface area contributed by atoms with E-state index in [1.165, 1.54) is 6.42 Å². The molecule has 1 unspecified atom stereocenters. The van der Waals surface area contributed by atoms with Crippen molar-refractivity contribution in [3.63, 3.8) is 0 Å². The van der Waals surface area contributed by atoms with Crippen molar-refractivity contribution >= 4 is 11.6 Å². The first kappa shape index (κ1) is 15.5. The van der Waals surface area contributed by atoms with Crippen molar-refractivity contribution < 1.29 is 4.52 Å². The van der Waals surface area contributed by atoms with Gasteiger partial charge in [-0.1, -0.05) is 23.7 Å². The van der Waals surface area contributed by atoms with Gasteiger partial charge < -0.3 is 9.84 Å². The first-order chi connectivity index (χ1) is 10.8. The number of hydrogen-bond acceptors (Lipinski definition) is 5. The van der Waals surface area contributed by atoms with Gasteiger partial charge in [0.25, 0.3) is 0 Å². The summed E-state index contributed by atoms with van der Waals surface area (Å²) in [4.78, 5) is 6.95. The van der Waals surface area contributed by atoms with Crippen LogP contribution in [0.25, 0.3) is 11.4 Å². The van der Waals surface area contributed by atoms with Gasteiger partial charge in [-0.3, -0.25) is 4.90 Å². The summed E-state index contributed by atoms with van der Waals surface area (Å²) in [6, 6.07) is 8.04. The molecule has 6 heteroatoms. The van der Waals surface area contributed by atoms with Gasteiger partial charge in [-0.2, -0.15) is 4.98 Å². The van der Waals surface area contributed by atoms with Crippen LogP contribution in [0.1, 0.15) is 25.7 Å². The van der Waals surface area contributed by atoms with E-state index in [4.69, 9.17) is 16.1 Å². The van der Waals surface area contributed by atoms with Crippen molar-refractivity contribution in [2.75, 3.05) is 19.6 Å². The van der Waals surface area contributed by atoms with Gasteiger partial charge in [0.05, 0.1) is 6.54 Å². The van der Waals surface area contributed by atoms with Gasteiger partial charge in [-0.15, -0.1) is 0 Å². The van der Waals surface area contributed by atoms with Gasteiger partial charge in [0.15, 0.2) is 0 Å². The Balaban J connectivity index is 1.70. The summed E-state index contributed by atoms with van der Waals surface area (Å²) >= 11 is 5.90. The summed E-state index contributed by atoms with van der Waals surface area (Å²) in [6.07, 6.45) is 2.30. The van der Waals surface area contributed by atoms with Crippen molar-refractivity contribution in [1.29, 1.82) is 0 Å². The molecular formula is C16H21ClN4O. The van der Waals surface area contributed by atoms with Crippen molar-refractivity contribution in [2.45, 2.75) is 32.4 Å². The Hall–Kier alpha value is -1.43. The molecule has 0 amide bonds. The highest BCUT2D eigenvalue weighted by Gasteiger charge is 2.23. The summed E-state index contributed by atoms with van der Waals surface area (Å²) in [5, 5.41) is 8.20. The lowest BCUT2D eigenvalue weighted by molar-refractivity contribution is 0.174.